The third-order valence-electron chi connectivity index (χ3n) is 2.93. The summed E-state index contributed by atoms with van der Waals surface area (Å²) in [4.78, 5) is 14.5. The van der Waals surface area contributed by atoms with Crippen LogP contribution < -0.4 is 0 Å². The summed E-state index contributed by atoms with van der Waals surface area (Å²) in [6.07, 6.45) is 1.71. The molecule has 6 heteroatoms. The van der Waals surface area contributed by atoms with Gasteiger partial charge in [-0.25, -0.2) is 4.98 Å². The summed E-state index contributed by atoms with van der Waals surface area (Å²) in [5, 5.41) is 11.3. The minimum atomic E-state index is -0.425. The highest BCUT2D eigenvalue weighted by atomic mass is 35.5. The van der Waals surface area contributed by atoms with E-state index in [1.54, 1.807) is 12.4 Å². The fourth-order valence-electron chi connectivity index (χ4n) is 1.68. The number of benzene rings is 1. The Morgan fingerprint density at radius 3 is 2.72 bits per heavy atom. The Morgan fingerprint density at radius 2 is 2.17 bits per heavy atom. The Bertz CT molecular complexity index is 607. The molecule has 18 heavy (non-hydrogen) atoms. The smallest absolute Gasteiger partial charge is 0.269 e. The summed E-state index contributed by atoms with van der Waals surface area (Å²) in [5.74, 6) is 0. The van der Waals surface area contributed by atoms with Crippen molar-refractivity contribution in [3.8, 4) is 0 Å². The number of aryl methyl sites for hydroxylation is 1. The molecule has 1 aromatic carbocycles. The first-order valence-electron chi connectivity index (χ1n) is 5.40. The van der Waals surface area contributed by atoms with Crippen molar-refractivity contribution in [2.75, 3.05) is 0 Å². The molecule has 0 fully saturated rings. The van der Waals surface area contributed by atoms with E-state index in [9.17, 15) is 10.1 Å². The maximum absolute atomic E-state index is 10.7. The molecule has 0 amide bonds. The molecule has 0 bridgehead atoms. The van der Waals surface area contributed by atoms with Crippen LogP contribution in [-0.4, -0.2) is 14.5 Å². The van der Waals surface area contributed by atoms with Crippen LogP contribution in [0.4, 0.5) is 5.69 Å². The molecule has 0 aliphatic carbocycles. The first-order valence-corrected chi connectivity index (χ1v) is 5.78. The third-order valence-corrected chi connectivity index (χ3v) is 3.29. The second-order valence-corrected chi connectivity index (χ2v) is 4.48. The molecule has 0 spiro atoms. The van der Waals surface area contributed by atoms with Gasteiger partial charge in [0.2, 0.25) is 0 Å². The van der Waals surface area contributed by atoms with Gasteiger partial charge >= 0.3 is 0 Å². The van der Waals surface area contributed by atoms with Crippen LogP contribution >= 0.6 is 11.6 Å². The number of hydrogen-bond donors (Lipinski definition) is 0. The van der Waals surface area contributed by atoms with Crippen molar-refractivity contribution in [2.24, 2.45) is 0 Å². The molecule has 0 unspecified atom stereocenters. The average Bonchev–Trinajstić information content (AvgIpc) is 2.63. The Balaban J connectivity index is 2.36. The van der Waals surface area contributed by atoms with Gasteiger partial charge in [-0.3, -0.25) is 10.1 Å². The van der Waals surface area contributed by atoms with Crippen molar-refractivity contribution in [3.63, 3.8) is 0 Å². The second-order valence-electron chi connectivity index (χ2n) is 4.08. The Kier molecular flexibility index (Phi) is 3.34. The van der Waals surface area contributed by atoms with Crippen molar-refractivity contribution in [2.45, 2.75) is 20.4 Å². The summed E-state index contributed by atoms with van der Waals surface area (Å²) in [5.41, 5.74) is 2.73. The predicted molar refractivity (Wildman–Crippen MR) is 68.9 cm³/mol. The topological polar surface area (TPSA) is 61.0 Å². The lowest BCUT2D eigenvalue weighted by Gasteiger charge is -2.07. The fourth-order valence-corrected chi connectivity index (χ4v) is 1.86. The molecule has 0 saturated heterocycles. The van der Waals surface area contributed by atoms with Gasteiger partial charge in [0.15, 0.2) is 0 Å². The molecule has 0 N–H and O–H groups in total. The Morgan fingerprint density at radius 1 is 1.44 bits per heavy atom. The molecule has 0 radical (unpaired) electrons. The van der Waals surface area contributed by atoms with Crippen molar-refractivity contribution in [1.29, 1.82) is 0 Å². The number of aromatic nitrogens is 2. The van der Waals surface area contributed by atoms with Crippen LogP contribution in [0.1, 0.15) is 17.0 Å². The van der Waals surface area contributed by atoms with E-state index in [1.807, 2.05) is 18.4 Å². The predicted octanol–water partition coefficient (Wildman–Crippen LogP) is 3.11. The monoisotopic (exact) mass is 265 g/mol. The summed E-state index contributed by atoms with van der Waals surface area (Å²) < 4.78 is 1.92. The van der Waals surface area contributed by atoms with Gasteiger partial charge in [-0.1, -0.05) is 11.6 Å². The molecule has 5 nitrogen and oxygen atoms in total. The molecule has 2 aromatic rings. The second kappa shape index (κ2) is 4.78. The summed E-state index contributed by atoms with van der Waals surface area (Å²) in [7, 11) is 0. The van der Waals surface area contributed by atoms with E-state index in [-0.39, 0.29) is 5.69 Å². The zero-order valence-electron chi connectivity index (χ0n) is 10.1. The van der Waals surface area contributed by atoms with Crippen LogP contribution in [0.3, 0.4) is 0 Å². The lowest BCUT2D eigenvalue weighted by Crippen LogP contribution is -2.02. The molecule has 0 aliphatic rings. The highest BCUT2D eigenvalue weighted by Crippen LogP contribution is 2.23. The summed E-state index contributed by atoms with van der Waals surface area (Å²) >= 11 is 6.05. The van der Waals surface area contributed by atoms with Gasteiger partial charge < -0.3 is 4.57 Å². The van der Waals surface area contributed by atoms with Crippen molar-refractivity contribution < 1.29 is 4.92 Å². The number of nitro benzene ring substituents is 1. The van der Waals surface area contributed by atoms with Crippen LogP contribution in [0.5, 0.6) is 0 Å². The van der Waals surface area contributed by atoms with E-state index in [1.165, 1.54) is 12.1 Å². The maximum Gasteiger partial charge on any atom is 0.269 e. The number of non-ortho nitro benzene ring substituents is 1. The van der Waals surface area contributed by atoms with Crippen LogP contribution in [0.2, 0.25) is 5.02 Å². The lowest BCUT2D eigenvalue weighted by atomic mass is 10.2. The van der Waals surface area contributed by atoms with Gasteiger partial charge in [-0.05, 0) is 25.5 Å². The highest BCUT2D eigenvalue weighted by molar-refractivity contribution is 6.31. The zero-order valence-corrected chi connectivity index (χ0v) is 10.8. The van der Waals surface area contributed by atoms with E-state index < -0.39 is 4.92 Å². The quantitative estimate of drug-likeness (QED) is 0.633. The van der Waals surface area contributed by atoms with E-state index in [0.717, 1.165) is 11.4 Å². The normalized spacial score (nSPS) is 10.6. The standard InChI is InChI=1S/C12H12ClN3O2/c1-8-9(2)15(7-14-8)6-10-5-11(16(17)18)3-4-12(10)13/h3-5,7H,6H2,1-2H3. The minimum Gasteiger partial charge on any atom is -0.330 e. The molecule has 1 aromatic heterocycles. The molecular weight excluding hydrogens is 254 g/mol. The van der Waals surface area contributed by atoms with E-state index in [4.69, 9.17) is 11.6 Å². The third kappa shape index (κ3) is 2.36. The molecule has 1 heterocycles. The SMILES string of the molecule is Cc1ncn(Cc2cc([N+](=O)[O-])ccc2Cl)c1C. The fraction of sp³-hybridized carbons (Fsp3) is 0.250. The van der Waals surface area contributed by atoms with Gasteiger partial charge in [-0.15, -0.1) is 0 Å². The molecule has 0 atom stereocenters. The van der Waals surface area contributed by atoms with Gasteiger partial charge in [0.1, 0.15) is 0 Å². The van der Waals surface area contributed by atoms with E-state index in [0.29, 0.717) is 17.1 Å². The average molecular weight is 266 g/mol. The van der Waals surface area contributed by atoms with Gasteiger partial charge in [0, 0.05) is 22.8 Å². The zero-order chi connectivity index (χ0) is 13.3. The van der Waals surface area contributed by atoms with Crippen LogP contribution in [-0.2, 0) is 6.54 Å². The molecule has 0 saturated carbocycles. The summed E-state index contributed by atoms with van der Waals surface area (Å²) in [6.45, 7) is 4.35. The largest absolute Gasteiger partial charge is 0.330 e. The maximum atomic E-state index is 10.7. The van der Waals surface area contributed by atoms with Crippen LogP contribution in [0.15, 0.2) is 24.5 Å². The van der Waals surface area contributed by atoms with Crippen molar-refractivity contribution in [3.05, 3.63) is 56.6 Å². The molecule has 0 aliphatic heterocycles. The van der Waals surface area contributed by atoms with E-state index >= 15 is 0 Å². The van der Waals surface area contributed by atoms with Gasteiger partial charge in [0.05, 0.1) is 23.5 Å². The first kappa shape index (κ1) is 12.6. The number of nitrogens with zero attached hydrogens (tertiary/aromatic N) is 3. The van der Waals surface area contributed by atoms with Gasteiger partial charge in [-0.2, -0.15) is 0 Å². The Hall–Kier alpha value is -1.88. The minimum absolute atomic E-state index is 0.0453. The number of imidazole rings is 1. The number of hydrogen-bond acceptors (Lipinski definition) is 3. The molecule has 2 rings (SSSR count). The summed E-state index contributed by atoms with van der Waals surface area (Å²) in [6, 6.07) is 4.45. The first-order chi connectivity index (χ1) is 8.49. The van der Waals surface area contributed by atoms with Crippen LogP contribution in [0.25, 0.3) is 0 Å². The van der Waals surface area contributed by atoms with Crippen molar-refractivity contribution in [1.82, 2.24) is 9.55 Å². The number of halogens is 1. The lowest BCUT2D eigenvalue weighted by molar-refractivity contribution is -0.384. The molecule has 94 valence electrons. The van der Waals surface area contributed by atoms with E-state index in [2.05, 4.69) is 4.98 Å². The van der Waals surface area contributed by atoms with Gasteiger partial charge in [0.25, 0.3) is 5.69 Å². The van der Waals surface area contributed by atoms with Crippen molar-refractivity contribution >= 4 is 17.3 Å². The Labute approximate surface area is 109 Å². The highest BCUT2D eigenvalue weighted by Gasteiger charge is 2.11. The number of rotatable bonds is 3. The molecular formula is C12H12ClN3O2. The van der Waals surface area contributed by atoms with Crippen LogP contribution in [0, 0.1) is 24.0 Å². The number of nitro groups is 1.